The van der Waals surface area contributed by atoms with Gasteiger partial charge in [-0.25, -0.2) is 15.0 Å². The lowest BCUT2D eigenvalue weighted by Crippen LogP contribution is -2.02. The summed E-state index contributed by atoms with van der Waals surface area (Å²) in [6.45, 7) is 0. The Morgan fingerprint density at radius 2 is 0.653 bits per heavy atom. The van der Waals surface area contributed by atoms with E-state index in [-0.39, 0.29) is 0 Å². The van der Waals surface area contributed by atoms with E-state index in [9.17, 15) is 0 Å². The second-order valence-electron chi connectivity index (χ2n) is 12.4. The van der Waals surface area contributed by atoms with Crippen LogP contribution in [0.15, 0.2) is 176 Å². The van der Waals surface area contributed by atoms with Gasteiger partial charge in [-0.05, 0) is 61.7 Å². The molecule has 49 heavy (non-hydrogen) atoms. The van der Waals surface area contributed by atoms with Crippen LogP contribution in [0, 0.1) is 0 Å². The van der Waals surface area contributed by atoms with Crippen LogP contribution < -0.4 is 0 Å². The molecule has 0 bridgehead atoms. The number of benzene rings is 7. The highest BCUT2D eigenvalue weighted by Crippen LogP contribution is 2.45. The van der Waals surface area contributed by atoms with Gasteiger partial charge in [0.05, 0.1) is 0 Å². The van der Waals surface area contributed by atoms with E-state index in [1.54, 1.807) is 0 Å². The third-order valence-electron chi connectivity index (χ3n) is 9.43. The van der Waals surface area contributed by atoms with Crippen LogP contribution in [-0.2, 0) is 6.42 Å². The van der Waals surface area contributed by atoms with Gasteiger partial charge in [0.1, 0.15) is 0 Å². The fourth-order valence-corrected chi connectivity index (χ4v) is 7.00. The average molecular weight is 626 g/mol. The van der Waals surface area contributed by atoms with Crippen LogP contribution in [0.1, 0.15) is 11.1 Å². The maximum absolute atomic E-state index is 5.15. The highest BCUT2D eigenvalue weighted by molar-refractivity contribution is 5.89. The van der Waals surface area contributed by atoms with Crippen LogP contribution in [-0.4, -0.2) is 15.0 Å². The molecule has 0 N–H and O–H groups in total. The Kier molecular flexibility index (Phi) is 7.21. The molecule has 8 aromatic rings. The van der Waals surface area contributed by atoms with Crippen LogP contribution in [0.5, 0.6) is 0 Å². The molecule has 1 aliphatic carbocycles. The number of hydrogen-bond donors (Lipinski definition) is 0. The molecular formula is C46H31N3. The molecular weight excluding hydrogens is 595 g/mol. The molecule has 0 fully saturated rings. The molecule has 0 atom stereocenters. The largest absolute Gasteiger partial charge is 0.208 e. The summed E-state index contributed by atoms with van der Waals surface area (Å²) in [5.74, 6) is 2.02. The number of fused-ring (bicyclic) bond motifs is 3. The Hall–Kier alpha value is -6.45. The molecule has 0 saturated heterocycles. The minimum atomic E-state index is 0.662. The zero-order chi connectivity index (χ0) is 32.6. The summed E-state index contributed by atoms with van der Waals surface area (Å²) in [5.41, 5.74) is 15.3. The Balaban J connectivity index is 1.14. The predicted molar refractivity (Wildman–Crippen MR) is 201 cm³/mol. The van der Waals surface area contributed by atoms with Gasteiger partial charge in [0.15, 0.2) is 17.5 Å². The van der Waals surface area contributed by atoms with E-state index < -0.39 is 0 Å². The number of aromatic nitrogens is 3. The maximum Gasteiger partial charge on any atom is 0.164 e. The van der Waals surface area contributed by atoms with Gasteiger partial charge in [-0.2, -0.15) is 0 Å². The van der Waals surface area contributed by atoms with Crippen molar-refractivity contribution in [1.82, 2.24) is 15.0 Å². The fraction of sp³-hybridized carbons (Fsp3) is 0.0217. The third kappa shape index (κ3) is 5.42. The number of rotatable bonds is 6. The van der Waals surface area contributed by atoms with Gasteiger partial charge in [0.2, 0.25) is 0 Å². The van der Waals surface area contributed by atoms with Gasteiger partial charge >= 0.3 is 0 Å². The van der Waals surface area contributed by atoms with Crippen molar-refractivity contribution in [3.05, 3.63) is 187 Å². The SMILES string of the molecule is c1ccc(-c2ccc(-c3nc(-c4ccccc4)nc(-c4cccc5c4Cc4c(-c6cccc(-c7ccccc7)c6)cccc4-5)n3)cc2)cc1. The van der Waals surface area contributed by atoms with Gasteiger partial charge in [-0.3, -0.25) is 0 Å². The van der Waals surface area contributed by atoms with Crippen LogP contribution >= 0.6 is 0 Å². The first-order chi connectivity index (χ1) is 24.3. The number of nitrogens with zero attached hydrogens (tertiary/aromatic N) is 3. The van der Waals surface area contributed by atoms with E-state index in [4.69, 9.17) is 15.0 Å². The Bertz CT molecular complexity index is 2440. The van der Waals surface area contributed by atoms with Crippen molar-refractivity contribution in [3.63, 3.8) is 0 Å². The lowest BCUT2D eigenvalue weighted by molar-refractivity contribution is 1.07. The Labute approximate surface area is 286 Å². The monoisotopic (exact) mass is 625 g/mol. The van der Waals surface area contributed by atoms with E-state index in [1.807, 2.05) is 24.3 Å². The summed E-state index contributed by atoms with van der Waals surface area (Å²) >= 11 is 0. The summed E-state index contributed by atoms with van der Waals surface area (Å²) in [6.07, 6.45) is 0.806. The summed E-state index contributed by atoms with van der Waals surface area (Å²) in [7, 11) is 0. The lowest BCUT2D eigenvalue weighted by Gasteiger charge is -2.12. The molecule has 0 unspecified atom stereocenters. The molecule has 1 aromatic heterocycles. The van der Waals surface area contributed by atoms with Gasteiger partial charge in [-0.15, -0.1) is 0 Å². The summed E-state index contributed by atoms with van der Waals surface area (Å²) in [5, 5.41) is 0. The first-order valence-corrected chi connectivity index (χ1v) is 16.7. The topological polar surface area (TPSA) is 38.7 Å². The molecule has 0 amide bonds. The molecule has 0 saturated carbocycles. The second kappa shape index (κ2) is 12.3. The van der Waals surface area contributed by atoms with Crippen molar-refractivity contribution >= 4 is 0 Å². The molecule has 1 heterocycles. The van der Waals surface area contributed by atoms with Gasteiger partial charge in [0.25, 0.3) is 0 Å². The summed E-state index contributed by atoms with van der Waals surface area (Å²) < 4.78 is 0. The fourth-order valence-electron chi connectivity index (χ4n) is 7.00. The molecule has 7 aromatic carbocycles. The molecule has 1 aliphatic rings. The minimum Gasteiger partial charge on any atom is -0.208 e. The normalized spacial score (nSPS) is 11.6. The smallest absolute Gasteiger partial charge is 0.164 e. The highest BCUT2D eigenvalue weighted by atomic mass is 15.0. The van der Waals surface area contributed by atoms with Gasteiger partial charge in [-0.1, -0.05) is 170 Å². The van der Waals surface area contributed by atoms with Gasteiger partial charge < -0.3 is 0 Å². The molecule has 3 heteroatoms. The van der Waals surface area contributed by atoms with Crippen molar-refractivity contribution in [1.29, 1.82) is 0 Å². The zero-order valence-electron chi connectivity index (χ0n) is 26.8. The van der Waals surface area contributed by atoms with Crippen molar-refractivity contribution in [3.8, 4) is 78.7 Å². The van der Waals surface area contributed by atoms with Crippen LogP contribution in [0.25, 0.3) is 78.7 Å². The van der Waals surface area contributed by atoms with E-state index >= 15 is 0 Å². The van der Waals surface area contributed by atoms with Crippen molar-refractivity contribution in [2.75, 3.05) is 0 Å². The first-order valence-electron chi connectivity index (χ1n) is 16.7. The van der Waals surface area contributed by atoms with E-state index in [0.717, 1.165) is 28.7 Å². The van der Waals surface area contributed by atoms with Crippen LogP contribution in [0.4, 0.5) is 0 Å². The first kappa shape index (κ1) is 28.7. The molecule has 230 valence electrons. The minimum absolute atomic E-state index is 0.662. The standard InChI is InChI=1S/C46H31N3/c1-4-13-31(14-5-1)33-25-27-35(28-26-33)45-47-44(34-17-8-3-9-18-34)48-46(49-45)41-24-12-23-40-39-22-11-21-38(42(39)30-43(40)41)37-20-10-19-36(29-37)32-15-6-2-7-16-32/h1-29H,30H2. The number of hydrogen-bond acceptors (Lipinski definition) is 3. The molecule has 0 radical (unpaired) electrons. The molecule has 9 rings (SSSR count). The van der Waals surface area contributed by atoms with Crippen LogP contribution in [0.3, 0.4) is 0 Å². The van der Waals surface area contributed by atoms with Crippen molar-refractivity contribution in [2.24, 2.45) is 0 Å². The Morgan fingerprint density at radius 3 is 1.29 bits per heavy atom. The van der Waals surface area contributed by atoms with E-state index in [1.165, 1.54) is 50.1 Å². The summed E-state index contributed by atoms with van der Waals surface area (Å²) in [6, 6.07) is 61.8. The zero-order valence-corrected chi connectivity index (χ0v) is 26.8. The molecule has 3 nitrogen and oxygen atoms in total. The van der Waals surface area contributed by atoms with Crippen molar-refractivity contribution in [2.45, 2.75) is 6.42 Å². The maximum atomic E-state index is 5.15. The van der Waals surface area contributed by atoms with E-state index in [0.29, 0.717) is 17.5 Å². The summed E-state index contributed by atoms with van der Waals surface area (Å²) in [4.78, 5) is 15.3. The molecule has 0 spiro atoms. The predicted octanol–water partition coefficient (Wildman–Crippen LogP) is 11.4. The van der Waals surface area contributed by atoms with Gasteiger partial charge in [0, 0.05) is 23.1 Å². The second-order valence-corrected chi connectivity index (χ2v) is 12.4. The van der Waals surface area contributed by atoms with Crippen LogP contribution in [0.2, 0.25) is 0 Å². The third-order valence-corrected chi connectivity index (χ3v) is 9.43. The lowest BCUT2D eigenvalue weighted by atomic mass is 9.93. The van der Waals surface area contributed by atoms with Crippen molar-refractivity contribution < 1.29 is 0 Å². The van der Waals surface area contributed by atoms with E-state index in [2.05, 4.69) is 152 Å². The Morgan fingerprint density at radius 1 is 0.265 bits per heavy atom. The highest BCUT2D eigenvalue weighted by Gasteiger charge is 2.26. The molecule has 0 aliphatic heterocycles. The average Bonchev–Trinajstić information content (AvgIpc) is 3.58. The quantitative estimate of drug-likeness (QED) is 0.185.